The molecule has 4 atom stereocenters. The van der Waals surface area contributed by atoms with Gasteiger partial charge in [-0.25, -0.2) is 0 Å². The van der Waals surface area contributed by atoms with Crippen LogP contribution in [0.1, 0.15) is 59.8 Å². The summed E-state index contributed by atoms with van der Waals surface area (Å²) in [5.74, 6) is 0.956. The molecule has 2 aliphatic carbocycles. The lowest BCUT2D eigenvalue weighted by Crippen LogP contribution is -2.48. The van der Waals surface area contributed by atoms with E-state index in [-0.39, 0.29) is 0 Å². The predicted molar refractivity (Wildman–Crippen MR) is 81.3 cm³/mol. The van der Waals surface area contributed by atoms with Gasteiger partial charge in [0.1, 0.15) is 0 Å². The molecular weight excluding hydrogens is 232 g/mol. The second-order valence-corrected chi connectivity index (χ2v) is 8.16. The minimum Gasteiger partial charge on any atom is -0.312 e. The number of likely N-dealkylation sites (tertiary alicyclic amines) is 1. The molecule has 19 heavy (non-hydrogen) atoms. The Bertz CT molecular complexity index is 332. The highest BCUT2D eigenvalue weighted by molar-refractivity contribution is 5.13. The van der Waals surface area contributed by atoms with Crippen LogP contribution in [0.5, 0.6) is 0 Å². The fraction of sp³-hybridized carbons (Fsp3) is 1.00. The van der Waals surface area contributed by atoms with E-state index < -0.39 is 0 Å². The summed E-state index contributed by atoms with van der Waals surface area (Å²) in [5, 5.41) is 3.94. The number of nitrogens with zero attached hydrogens (tertiary/aromatic N) is 1. The van der Waals surface area contributed by atoms with E-state index in [2.05, 4.69) is 37.9 Å². The number of hydrogen-bond acceptors (Lipinski definition) is 2. The lowest BCUT2D eigenvalue weighted by molar-refractivity contribution is 0.116. The molecule has 0 radical (unpaired) electrons. The summed E-state index contributed by atoms with van der Waals surface area (Å²) in [6.07, 6.45) is 7.11. The molecule has 2 nitrogen and oxygen atoms in total. The van der Waals surface area contributed by atoms with Gasteiger partial charge >= 0.3 is 0 Å². The van der Waals surface area contributed by atoms with Gasteiger partial charge in [0.25, 0.3) is 0 Å². The van der Waals surface area contributed by atoms with E-state index in [9.17, 15) is 0 Å². The minimum atomic E-state index is 0.530. The van der Waals surface area contributed by atoms with Crippen molar-refractivity contribution < 1.29 is 0 Å². The first-order valence-corrected chi connectivity index (χ1v) is 8.42. The average Bonchev–Trinajstić information content (AvgIpc) is 3.01. The third kappa shape index (κ3) is 2.06. The molecule has 3 aliphatic rings. The second kappa shape index (κ2) is 4.73. The van der Waals surface area contributed by atoms with Crippen LogP contribution in [0.4, 0.5) is 0 Å². The van der Waals surface area contributed by atoms with Crippen molar-refractivity contribution in [3.8, 4) is 0 Å². The smallest absolute Gasteiger partial charge is 0.0192 e. The van der Waals surface area contributed by atoms with Gasteiger partial charge in [0, 0.05) is 18.6 Å². The maximum absolute atomic E-state index is 3.94. The molecule has 0 amide bonds. The van der Waals surface area contributed by atoms with Crippen LogP contribution < -0.4 is 5.32 Å². The predicted octanol–water partition coefficient (Wildman–Crippen LogP) is 3.28. The fourth-order valence-corrected chi connectivity index (χ4v) is 5.14. The molecule has 3 fully saturated rings. The molecule has 0 aromatic carbocycles. The Labute approximate surface area is 119 Å². The molecule has 0 spiro atoms. The maximum atomic E-state index is 3.94. The summed E-state index contributed by atoms with van der Waals surface area (Å²) in [6, 6.07) is 1.47. The first-order valence-electron chi connectivity index (χ1n) is 8.42. The third-order valence-corrected chi connectivity index (χ3v) is 7.22. The highest BCUT2D eigenvalue weighted by Gasteiger charge is 2.60. The molecule has 110 valence electrons. The van der Waals surface area contributed by atoms with E-state index in [0.717, 1.165) is 12.0 Å². The van der Waals surface area contributed by atoms with Crippen molar-refractivity contribution in [3.05, 3.63) is 0 Å². The van der Waals surface area contributed by atoms with Gasteiger partial charge in [0.05, 0.1) is 0 Å². The van der Waals surface area contributed by atoms with Gasteiger partial charge in [0.15, 0.2) is 0 Å². The monoisotopic (exact) mass is 264 g/mol. The summed E-state index contributed by atoms with van der Waals surface area (Å²) < 4.78 is 0. The Morgan fingerprint density at radius 3 is 2.42 bits per heavy atom. The van der Waals surface area contributed by atoms with E-state index in [0.29, 0.717) is 16.9 Å². The Balaban J connectivity index is 1.57. The van der Waals surface area contributed by atoms with E-state index in [4.69, 9.17) is 0 Å². The minimum absolute atomic E-state index is 0.530. The van der Waals surface area contributed by atoms with Crippen molar-refractivity contribution in [2.45, 2.75) is 71.9 Å². The maximum Gasteiger partial charge on any atom is 0.0192 e. The number of rotatable bonds is 4. The van der Waals surface area contributed by atoms with Crippen LogP contribution in [0, 0.1) is 16.7 Å². The molecule has 1 N–H and O–H groups in total. The molecule has 1 saturated heterocycles. The summed E-state index contributed by atoms with van der Waals surface area (Å²) >= 11 is 0. The topological polar surface area (TPSA) is 15.3 Å². The lowest BCUT2D eigenvalue weighted by Gasteiger charge is -2.40. The molecule has 2 heteroatoms. The molecule has 4 unspecified atom stereocenters. The van der Waals surface area contributed by atoms with Gasteiger partial charge in [-0.15, -0.1) is 0 Å². The largest absolute Gasteiger partial charge is 0.312 e. The molecular formula is C17H32N2. The zero-order valence-corrected chi connectivity index (χ0v) is 13.3. The Morgan fingerprint density at radius 2 is 1.89 bits per heavy atom. The highest BCUT2D eigenvalue weighted by Crippen LogP contribution is 2.65. The van der Waals surface area contributed by atoms with Crippen LogP contribution in [0.15, 0.2) is 0 Å². The first kappa shape index (κ1) is 13.9. The molecule has 0 aromatic heterocycles. The van der Waals surface area contributed by atoms with Crippen LogP contribution in [-0.2, 0) is 0 Å². The second-order valence-electron chi connectivity index (χ2n) is 8.16. The number of fused-ring (bicyclic) bond motifs is 2. The number of nitrogens with one attached hydrogen (secondary N) is 1. The molecule has 0 aromatic rings. The van der Waals surface area contributed by atoms with Crippen molar-refractivity contribution in [1.29, 1.82) is 0 Å². The Kier molecular flexibility index (Phi) is 3.46. The summed E-state index contributed by atoms with van der Waals surface area (Å²) in [4.78, 5) is 2.66. The first-order chi connectivity index (χ1) is 8.95. The van der Waals surface area contributed by atoms with Crippen LogP contribution in [-0.4, -0.2) is 36.6 Å². The van der Waals surface area contributed by atoms with Gasteiger partial charge in [-0.3, -0.25) is 4.90 Å². The van der Waals surface area contributed by atoms with Crippen LogP contribution in [0.3, 0.4) is 0 Å². The van der Waals surface area contributed by atoms with Gasteiger partial charge in [-0.05, 0) is 68.9 Å². The van der Waals surface area contributed by atoms with Crippen molar-refractivity contribution in [2.75, 3.05) is 19.6 Å². The zero-order chi connectivity index (χ0) is 13.7. The van der Waals surface area contributed by atoms with E-state index in [1.54, 1.807) is 0 Å². The zero-order valence-electron chi connectivity index (χ0n) is 13.3. The molecule has 2 bridgehead atoms. The van der Waals surface area contributed by atoms with Crippen molar-refractivity contribution in [3.63, 3.8) is 0 Å². The Hall–Kier alpha value is -0.0800. The third-order valence-electron chi connectivity index (χ3n) is 7.22. The van der Waals surface area contributed by atoms with Crippen molar-refractivity contribution in [1.82, 2.24) is 10.2 Å². The number of hydrogen-bond donors (Lipinski definition) is 1. The molecule has 1 heterocycles. The lowest BCUT2D eigenvalue weighted by atomic mass is 9.69. The summed E-state index contributed by atoms with van der Waals surface area (Å²) in [7, 11) is 0. The summed E-state index contributed by atoms with van der Waals surface area (Å²) in [5.41, 5.74) is 1.07. The molecule has 1 aliphatic heterocycles. The Morgan fingerprint density at radius 1 is 1.21 bits per heavy atom. The van der Waals surface area contributed by atoms with E-state index in [1.165, 1.54) is 51.7 Å². The molecule has 2 saturated carbocycles. The standard InChI is InChI=1S/C17H32N2/c1-13(19-9-5-6-10-19)12-18-15-11-14-7-8-17(15,4)16(14,2)3/h13-15,18H,5-12H2,1-4H3. The fourth-order valence-electron chi connectivity index (χ4n) is 5.14. The average molecular weight is 264 g/mol. The highest BCUT2D eigenvalue weighted by atomic mass is 15.2. The van der Waals surface area contributed by atoms with Gasteiger partial charge < -0.3 is 5.32 Å². The van der Waals surface area contributed by atoms with Crippen LogP contribution in [0.25, 0.3) is 0 Å². The van der Waals surface area contributed by atoms with Crippen molar-refractivity contribution >= 4 is 0 Å². The van der Waals surface area contributed by atoms with Crippen LogP contribution >= 0.6 is 0 Å². The SMILES string of the molecule is CC(CNC1CC2CCC1(C)C2(C)C)N1CCCC1. The van der Waals surface area contributed by atoms with Gasteiger partial charge in [-0.2, -0.15) is 0 Å². The quantitative estimate of drug-likeness (QED) is 0.838. The van der Waals surface area contributed by atoms with E-state index in [1.807, 2.05) is 0 Å². The van der Waals surface area contributed by atoms with Gasteiger partial charge in [-0.1, -0.05) is 20.8 Å². The van der Waals surface area contributed by atoms with E-state index >= 15 is 0 Å². The van der Waals surface area contributed by atoms with Crippen LogP contribution in [0.2, 0.25) is 0 Å². The van der Waals surface area contributed by atoms with Gasteiger partial charge in [0.2, 0.25) is 0 Å². The summed E-state index contributed by atoms with van der Waals surface area (Å²) in [6.45, 7) is 13.8. The van der Waals surface area contributed by atoms with Crippen molar-refractivity contribution in [2.24, 2.45) is 16.7 Å². The molecule has 3 rings (SSSR count). The normalized spacial score (nSPS) is 42.9.